The Balaban J connectivity index is 1.61. The number of carbonyl (C=O) groups is 1. The van der Waals surface area contributed by atoms with Crippen molar-refractivity contribution >= 4 is 32.9 Å². The Kier molecular flexibility index (Phi) is 7.60. The van der Waals surface area contributed by atoms with E-state index >= 15 is 0 Å². The number of amides is 1. The largest absolute Gasteiger partial charge is 0.492 e. The first kappa shape index (κ1) is 26.3. The molecule has 0 spiro atoms. The lowest BCUT2D eigenvalue weighted by Crippen LogP contribution is -2.33. The molecule has 3 aromatic rings. The fraction of sp³-hybridized carbons (Fsp3) is 0.222. The Morgan fingerprint density at radius 3 is 2.38 bits per heavy atom. The summed E-state index contributed by atoms with van der Waals surface area (Å²) in [6.45, 7) is 3.13. The van der Waals surface area contributed by atoms with Gasteiger partial charge in [0.25, 0.3) is 15.9 Å². The molecule has 0 fully saturated rings. The lowest BCUT2D eigenvalue weighted by Gasteiger charge is -2.30. The van der Waals surface area contributed by atoms with Gasteiger partial charge in [0.05, 0.1) is 17.1 Å². The van der Waals surface area contributed by atoms with Crippen molar-refractivity contribution < 1.29 is 26.7 Å². The number of nitrogens with one attached hydrogen (secondary N) is 1. The van der Waals surface area contributed by atoms with Crippen LogP contribution in [0.2, 0.25) is 0 Å². The molecule has 10 heteroatoms. The molecule has 1 aliphatic rings. The Hall–Kier alpha value is -3.76. The molecule has 0 saturated heterocycles. The number of fused-ring (bicyclic) bond motifs is 1. The van der Waals surface area contributed by atoms with Gasteiger partial charge in [-0.1, -0.05) is 18.2 Å². The minimum Gasteiger partial charge on any atom is -0.492 e. The Morgan fingerprint density at radius 2 is 1.73 bits per heavy atom. The van der Waals surface area contributed by atoms with Crippen LogP contribution >= 0.6 is 0 Å². The van der Waals surface area contributed by atoms with Crippen molar-refractivity contribution in [1.29, 1.82) is 0 Å². The van der Waals surface area contributed by atoms with Gasteiger partial charge in [0.15, 0.2) is 0 Å². The molecule has 3 aromatic carbocycles. The summed E-state index contributed by atoms with van der Waals surface area (Å²) in [4.78, 5) is 14.6. The molecule has 7 nitrogen and oxygen atoms in total. The average molecular weight is 528 g/mol. The number of rotatable bonds is 8. The maximum Gasteiger partial charge on any atom is 0.264 e. The number of anilines is 2. The van der Waals surface area contributed by atoms with E-state index in [1.807, 2.05) is 25.9 Å². The van der Waals surface area contributed by atoms with Gasteiger partial charge in [-0.2, -0.15) is 0 Å². The molecule has 4 rings (SSSR count). The Morgan fingerprint density at radius 1 is 1.05 bits per heavy atom. The summed E-state index contributed by atoms with van der Waals surface area (Å²) in [6, 6.07) is 14.0. The average Bonchev–Trinajstić information content (AvgIpc) is 2.84. The van der Waals surface area contributed by atoms with Gasteiger partial charge in [-0.3, -0.25) is 9.10 Å². The van der Waals surface area contributed by atoms with E-state index in [0.29, 0.717) is 23.6 Å². The highest BCUT2D eigenvalue weighted by atomic mass is 32.2. The molecule has 0 aromatic heterocycles. The molecule has 1 heterocycles. The lowest BCUT2D eigenvalue weighted by molar-refractivity contribution is 0.101. The topological polar surface area (TPSA) is 79.0 Å². The van der Waals surface area contributed by atoms with E-state index in [-0.39, 0.29) is 17.1 Å². The highest BCUT2D eigenvalue weighted by Crippen LogP contribution is 2.37. The van der Waals surface area contributed by atoms with Crippen molar-refractivity contribution in [2.75, 3.05) is 43.4 Å². The summed E-state index contributed by atoms with van der Waals surface area (Å²) in [5.41, 5.74) is 1.36. The molecular formula is C27H27F2N3O4S. The SMILES string of the molecule is CC1=CCN(S(=O)(=O)c2ccc(OCCN(C)C)cc2)c2cc(NC(=O)c3c(F)cccc3F)ccc21. The van der Waals surface area contributed by atoms with Gasteiger partial charge in [0.1, 0.15) is 29.6 Å². The number of nitrogens with zero attached hydrogens (tertiary/aromatic N) is 2. The first-order valence-corrected chi connectivity index (χ1v) is 13.0. The molecule has 0 bridgehead atoms. The van der Waals surface area contributed by atoms with Gasteiger partial charge in [0.2, 0.25) is 0 Å². The number of ether oxygens (including phenoxy) is 1. The van der Waals surface area contributed by atoms with Crippen LogP contribution in [0.25, 0.3) is 5.57 Å². The minimum atomic E-state index is -3.97. The number of likely N-dealkylation sites (N-methyl/N-ethyl adjacent to an activating group) is 1. The second-order valence-electron chi connectivity index (χ2n) is 8.83. The first-order chi connectivity index (χ1) is 17.6. The van der Waals surface area contributed by atoms with Gasteiger partial charge < -0.3 is 15.0 Å². The third kappa shape index (κ3) is 5.65. The monoisotopic (exact) mass is 527 g/mol. The second kappa shape index (κ2) is 10.7. The van der Waals surface area contributed by atoms with E-state index in [2.05, 4.69) is 5.32 Å². The molecule has 37 heavy (non-hydrogen) atoms. The Labute approximate surface area is 215 Å². The standard InChI is InChI=1S/C27H27F2N3O4S/c1-18-13-14-32(37(34,35)21-10-8-20(9-11-21)36-16-15-31(2)3)25-17-19(7-12-22(18)25)30-27(33)26-23(28)5-4-6-24(26)29/h4-13,17H,14-16H2,1-3H3,(H,30,33). The third-order valence-electron chi connectivity index (χ3n) is 5.92. The lowest BCUT2D eigenvalue weighted by atomic mass is 10.0. The van der Waals surface area contributed by atoms with Gasteiger partial charge in [-0.25, -0.2) is 17.2 Å². The number of hydrogen-bond donors (Lipinski definition) is 1. The van der Waals surface area contributed by atoms with E-state index in [4.69, 9.17) is 4.74 Å². The van der Waals surface area contributed by atoms with Crippen LogP contribution in [0.3, 0.4) is 0 Å². The summed E-state index contributed by atoms with van der Waals surface area (Å²) in [7, 11) is -0.106. The van der Waals surface area contributed by atoms with Crippen LogP contribution in [0.15, 0.2) is 71.6 Å². The number of allylic oxidation sites excluding steroid dienone is 1. The molecule has 194 valence electrons. The van der Waals surface area contributed by atoms with Gasteiger partial charge in [0, 0.05) is 17.8 Å². The molecular weight excluding hydrogens is 500 g/mol. The fourth-order valence-corrected chi connectivity index (χ4v) is 5.31. The molecule has 0 radical (unpaired) electrons. The molecule has 1 N–H and O–H groups in total. The van der Waals surface area contributed by atoms with Crippen molar-refractivity contribution in [1.82, 2.24) is 4.90 Å². The Bertz CT molecular complexity index is 1430. The van der Waals surface area contributed by atoms with Crippen molar-refractivity contribution in [2.45, 2.75) is 11.8 Å². The highest BCUT2D eigenvalue weighted by molar-refractivity contribution is 7.92. The summed E-state index contributed by atoms with van der Waals surface area (Å²) in [5.74, 6) is -2.40. The van der Waals surface area contributed by atoms with Crippen molar-refractivity contribution in [3.8, 4) is 5.75 Å². The van der Waals surface area contributed by atoms with Crippen LogP contribution < -0.4 is 14.4 Å². The van der Waals surface area contributed by atoms with E-state index in [1.165, 1.54) is 28.6 Å². The number of hydrogen-bond acceptors (Lipinski definition) is 5. The smallest absolute Gasteiger partial charge is 0.264 e. The predicted molar refractivity (Wildman–Crippen MR) is 139 cm³/mol. The zero-order valence-electron chi connectivity index (χ0n) is 20.7. The molecule has 0 saturated carbocycles. The van der Waals surface area contributed by atoms with Gasteiger partial charge in [-0.15, -0.1) is 0 Å². The molecule has 1 amide bonds. The number of halogens is 2. The summed E-state index contributed by atoms with van der Waals surface area (Å²) >= 11 is 0. The first-order valence-electron chi connectivity index (χ1n) is 11.5. The van der Waals surface area contributed by atoms with Crippen LogP contribution in [0.4, 0.5) is 20.2 Å². The quantitative estimate of drug-likeness (QED) is 0.457. The number of benzene rings is 3. The van der Waals surface area contributed by atoms with E-state index in [0.717, 1.165) is 24.3 Å². The zero-order chi connectivity index (χ0) is 26.7. The normalized spacial score (nSPS) is 13.2. The summed E-state index contributed by atoms with van der Waals surface area (Å²) in [5, 5.41) is 2.47. The third-order valence-corrected chi connectivity index (χ3v) is 7.72. The van der Waals surface area contributed by atoms with Crippen molar-refractivity contribution in [2.24, 2.45) is 0 Å². The summed E-state index contributed by atoms with van der Waals surface area (Å²) in [6.07, 6.45) is 1.80. The maximum absolute atomic E-state index is 14.1. The fourth-order valence-electron chi connectivity index (χ4n) is 3.89. The van der Waals surface area contributed by atoms with Gasteiger partial charge in [-0.05, 0) is 75.1 Å². The van der Waals surface area contributed by atoms with Crippen molar-refractivity contribution in [3.63, 3.8) is 0 Å². The maximum atomic E-state index is 14.1. The van der Waals surface area contributed by atoms with Crippen LogP contribution in [0.1, 0.15) is 22.8 Å². The zero-order valence-corrected chi connectivity index (χ0v) is 21.5. The predicted octanol–water partition coefficient (Wildman–Crippen LogP) is 4.77. The van der Waals surface area contributed by atoms with Crippen LogP contribution in [-0.2, 0) is 10.0 Å². The number of sulfonamides is 1. The van der Waals surface area contributed by atoms with Crippen molar-refractivity contribution in [3.05, 3.63) is 89.5 Å². The molecule has 0 unspecified atom stereocenters. The van der Waals surface area contributed by atoms with Gasteiger partial charge >= 0.3 is 0 Å². The minimum absolute atomic E-state index is 0.0780. The van der Waals surface area contributed by atoms with E-state index in [1.54, 1.807) is 30.3 Å². The summed E-state index contributed by atoms with van der Waals surface area (Å²) < 4.78 is 62.2. The molecule has 1 aliphatic heterocycles. The molecule has 0 aliphatic carbocycles. The van der Waals surface area contributed by atoms with Crippen LogP contribution in [0.5, 0.6) is 5.75 Å². The van der Waals surface area contributed by atoms with Crippen LogP contribution in [0, 0.1) is 11.6 Å². The molecule has 0 atom stereocenters. The van der Waals surface area contributed by atoms with E-state index in [9.17, 15) is 22.0 Å². The second-order valence-corrected chi connectivity index (χ2v) is 10.7. The number of carbonyl (C=O) groups excluding carboxylic acids is 1. The highest BCUT2D eigenvalue weighted by Gasteiger charge is 2.29. The van der Waals surface area contributed by atoms with E-state index < -0.39 is 33.1 Å². The van der Waals surface area contributed by atoms with Crippen LogP contribution in [-0.4, -0.2) is 53.0 Å².